The van der Waals surface area contributed by atoms with E-state index in [-0.39, 0.29) is 5.91 Å². The van der Waals surface area contributed by atoms with Gasteiger partial charge in [0.1, 0.15) is 0 Å². The fourth-order valence-corrected chi connectivity index (χ4v) is 1.86. The summed E-state index contributed by atoms with van der Waals surface area (Å²) in [5.41, 5.74) is 1.93. The largest absolute Gasteiger partial charge is 0.361 e. The van der Waals surface area contributed by atoms with Crippen molar-refractivity contribution >= 4 is 22.5 Å². The van der Waals surface area contributed by atoms with Crippen molar-refractivity contribution in [3.63, 3.8) is 0 Å². The fourth-order valence-electron chi connectivity index (χ4n) is 1.86. The van der Waals surface area contributed by atoms with E-state index in [0.29, 0.717) is 12.6 Å². The highest BCUT2D eigenvalue weighted by Crippen LogP contribution is 2.19. The van der Waals surface area contributed by atoms with Gasteiger partial charge in [-0.3, -0.25) is 4.79 Å². The molecule has 1 aliphatic carbocycles. The third kappa shape index (κ3) is 2.47. The van der Waals surface area contributed by atoms with Crippen LogP contribution in [-0.2, 0) is 4.79 Å². The molecule has 1 saturated carbocycles. The van der Waals surface area contributed by atoms with Crippen molar-refractivity contribution in [2.24, 2.45) is 0 Å². The van der Waals surface area contributed by atoms with Crippen LogP contribution in [0.3, 0.4) is 0 Å². The molecular formula is C13H15N3O. The number of amides is 1. The summed E-state index contributed by atoms with van der Waals surface area (Å²) in [7, 11) is 0. The van der Waals surface area contributed by atoms with Crippen molar-refractivity contribution in [1.82, 2.24) is 10.3 Å². The minimum atomic E-state index is 0.0202. The third-order valence-corrected chi connectivity index (χ3v) is 2.97. The van der Waals surface area contributed by atoms with E-state index >= 15 is 0 Å². The van der Waals surface area contributed by atoms with E-state index in [0.717, 1.165) is 16.6 Å². The first-order chi connectivity index (χ1) is 8.31. The summed E-state index contributed by atoms with van der Waals surface area (Å²) in [4.78, 5) is 14.8. The summed E-state index contributed by atoms with van der Waals surface area (Å²) in [5.74, 6) is 0.0202. The zero-order valence-electron chi connectivity index (χ0n) is 9.49. The number of aromatic nitrogens is 1. The highest BCUT2D eigenvalue weighted by atomic mass is 16.1. The van der Waals surface area contributed by atoms with Gasteiger partial charge in [-0.2, -0.15) is 0 Å². The maximum atomic E-state index is 11.6. The van der Waals surface area contributed by atoms with Crippen LogP contribution in [0.4, 0.5) is 5.69 Å². The molecule has 1 aromatic carbocycles. The number of rotatable bonds is 4. The summed E-state index contributed by atoms with van der Waals surface area (Å²) in [5, 5.41) is 7.19. The van der Waals surface area contributed by atoms with Gasteiger partial charge < -0.3 is 15.6 Å². The Morgan fingerprint density at radius 2 is 2.24 bits per heavy atom. The van der Waals surface area contributed by atoms with Crippen LogP contribution in [0.15, 0.2) is 30.5 Å². The molecule has 2 aromatic rings. The van der Waals surface area contributed by atoms with E-state index < -0.39 is 0 Å². The van der Waals surface area contributed by atoms with Crippen LogP contribution in [0.2, 0.25) is 0 Å². The third-order valence-electron chi connectivity index (χ3n) is 2.97. The number of carbonyl (C=O) groups is 1. The Labute approximate surface area is 99.4 Å². The van der Waals surface area contributed by atoms with Crippen LogP contribution in [0.1, 0.15) is 12.8 Å². The number of benzene rings is 1. The molecule has 3 N–H and O–H groups in total. The maximum absolute atomic E-state index is 11.6. The van der Waals surface area contributed by atoms with Crippen molar-refractivity contribution in [3.05, 3.63) is 30.5 Å². The number of H-pyrrole nitrogens is 1. The lowest BCUT2D eigenvalue weighted by Gasteiger charge is -2.06. The second kappa shape index (κ2) is 4.22. The average Bonchev–Trinajstić information content (AvgIpc) is 3.04. The lowest BCUT2D eigenvalue weighted by Crippen LogP contribution is -2.29. The summed E-state index contributed by atoms with van der Waals surface area (Å²) in [6.45, 7) is 0.399. The molecule has 4 heteroatoms. The van der Waals surface area contributed by atoms with Gasteiger partial charge in [0.25, 0.3) is 0 Å². The summed E-state index contributed by atoms with van der Waals surface area (Å²) >= 11 is 0. The number of fused-ring (bicyclic) bond motifs is 1. The van der Waals surface area contributed by atoms with Gasteiger partial charge in [0, 0.05) is 28.8 Å². The Morgan fingerprint density at radius 3 is 3.06 bits per heavy atom. The molecular weight excluding hydrogens is 214 g/mol. The Kier molecular flexibility index (Phi) is 2.57. The molecule has 0 radical (unpaired) electrons. The molecule has 3 rings (SSSR count). The minimum absolute atomic E-state index is 0.0202. The zero-order valence-corrected chi connectivity index (χ0v) is 9.49. The summed E-state index contributed by atoms with van der Waals surface area (Å²) in [6, 6.07) is 8.41. The molecule has 1 amide bonds. The zero-order chi connectivity index (χ0) is 11.7. The van der Waals surface area contributed by atoms with Crippen LogP contribution in [-0.4, -0.2) is 23.5 Å². The number of anilines is 1. The van der Waals surface area contributed by atoms with Crippen molar-refractivity contribution in [1.29, 1.82) is 0 Å². The van der Waals surface area contributed by atoms with E-state index in [9.17, 15) is 4.79 Å². The number of nitrogens with one attached hydrogen (secondary N) is 3. The average molecular weight is 229 g/mol. The van der Waals surface area contributed by atoms with Crippen molar-refractivity contribution in [2.45, 2.75) is 18.9 Å². The SMILES string of the molecule is O=C(CNC1CC1)Nc1ccc2[nH]ccc2c1. The summed E-state index contributed by atoms with van der Waals surface area (Å²) < 4.78 is 0. The van der Waals surface area contributed by atoms with Crippen LogP contribution in [0.25, 0.3) is 10.9 Å². The quantitative estimate of drug-likeness (QED) is 0.749. The molecule has 17 heavy (non-hydrogen) atoms. The number of hydrogen-bond donors (Lipinski definition) is 3. The molecule has 1 fully saturated rings. The second-order valence-electron chi connectivity index (χ2n) is 4.48. The fraction of sp³-hybridized carbons (Fsp3) is 0.308. The Hall–Kier alpha value is -1.81. The first kappa shape index (κ1) is 10.4. The molecule has 88 valence electrons. The van der Waals surface area contributed by atoms with Gasteiger partial charge in [-0.25, -0.2) is 0 Å². The predicted octanol–water partition coefficient (Wildman–Crippen LogP) is 1.86. The van der Waals surface area contributed by atoms with E-state index in [2.05, 4.69) is 15.6 Å². The van der Waals surface area contributed by atoms with E-state index in [1.807, 2.05) is 30.5 Å². The van der Waals surface area contributed by atoms with Crippen LogP contribution in [0.5, 0.6) is 0 Å². The molecule has 0 atom stereocenters. The predicted molar refractivity (Wildman–Crippen MR) is 68.0 cm³/mol. The van der Waals surface area contributed by atoms with Crippen molar-refractivity contribution < 1.29 is 4.79 Å². The maximum Gasteiger partial charge on any atom is 0.238 e. The Bertz CT molecular complexity index is 542. The van der Waals surface area contributed by atoms with Crippen LogP contribution < -0.4 is 10.6 Å². The van der Waals surface area contributed by atoms with Crippen molar-refractivity contribution in [3.8, 4) is 0 Å². The molecule has 0 aliphatic heterocycles. The highest BCUT2D eigenvalue weighted by Gasteiger charge is 2.21. The van der Waals surface area contributed by atoms with Crippen LogP contribution in [0, 0.1) is 0 Å². The molecule has 0 spiro atoms. The highest BCUT2D eigenvalue weighted by molar-refractivity contribution is 5.94. The van der Waals surface area contributed by atoms with Gasteiger partial charge >= 0.3 is 0 Å². The Morgan fingerprint density at radius 1 is 1.35 bits per heavy atom. The molecule has 0 bridgehead atoms. The van der Waals surface area contributed by atoms with Gasteiger partial charge in [-0.1, -0.05) is 0 Å². The van der Waals surface area contributed by atoms with Gasteiger partial charge in [0.15, 0.2) is 0 Å². The molecule has 0 saturated heterocycles. The molecule has 1 aliphatic rings. The minimum Gasteiger partial charge on any atom is -0.361 e. The van der Waals surface area contributed by atoms with Crippen LogP contribution >= 0.6 is 0 Å². The van der Waals surface area contributed by atoms with Gasteiger partial charge in [0.05, 0.1) is 6.54 Å². The molecule has 1 aromatic heterocycles. The second-order valence-corrected chi connectivity index (χ2v) is 4.48. The first-order valence-electron chi connectivity index (χ1n) is 5.92. The number of hydrogen-bond acceptors (Lipinski definition) is 2. The van der Waals surface area contributed by atoms with Gasteiger partial charge in [0.2, 0.25) is 5.91 Å². The van der Waals surface area contributed by atoms with E-state index in [1.165, 1.54) is 12.8 Å². The van der Waals surface area contributed by atoms with Crippen molar-refractivity contribution in [2.75, 3.05) is 11.9 Å². The number of carbonyl (C=O) groups excluding carboxylic acids is 1. The Balaban J connectivity index is 1.64. The lowest BCUT2D eigenvalue weighted by molar-refractivity contribution is -0.115. The smallest absolute Gasteiger partial charge is 0.238 e. The molecule has 1 heterocycles. The summed E-state index contributed by atoms with van der Waals surface area (Å²) in [6.07, 6.45) is 4.29. The number of aromatic amines is 1. The molecule has 0 unspecified atom stereocenters. The van der Waals surface area contributed by atoms with Gasteiger partial charge in [-0.15, -0.1) is 0 Å². The topological polar surface area (TPSA) is 56.9 Å². The monoisotopic (exact) mass is 229 g/mol. The normalized spacial score (nSPS) is 15.1. The van der Waals surface area contributed by atoms with E-state index in [4.69, 9.17) is 0 Å². The van der Waals surface area contributed by atoms with Gasteiger partial charge in [-0.05, 0) is 37.1 Å². The standard InChI is InChI=1S/C13H15N3O/c17-13(8-15-10-1-2-10)16-11-3-4-12-9(7-11)5-6-14-12/h3-7,10,14-15H,1-2,8H2,(H,16,17). The molecule has 4 nitrogen and oxygen atoms in total. The first-order valence-corrected chi connectivity index (χ1v) is 5.92. The van der Waals surface area contributed by atoms with E-state index in [1.54, 1.807) is 0 Å². The lowest BCUT2D eigenvalue weighted by atomic mass is 10.2.